The van der Waals surface area contributed by atoms with Gasteiger partial charge in [0.05, 0.1) is 23.2 Å². The van der Waals surface area contributed by atoms with Crippen LogP contribution in [0.3, 0.4) is 0 Å². The molecule has 0 amide bonds. The molecule has 1 aliphatic heterocycles. The number of benzene rings is 1. The van der Waals surface area contributed by atoms with E-state index in [1.165, 1.54) is 0 Å². The third kappa shape index (κ3) is 1.68. The zero-order valence-electron chi connectivity index (χ0n) is 10.9. The molecule has 2 atom stereocenters. The molecule has 0 radical (unpaired) electrons. The number of hydrogen-bond acceptors (Lipinski definition) is 3. The van der Waals surface area contributed by atoms with Gasteiger partial charge in [-0.25, -0.2) is 4.98 Å². The van der Waals surface area contributed by atoms with Crippen molar-refractivity contribution in [2.75, 3.05) is 12.3 Å². The molecule has 2 aromatic rings. The first-order chi connectivity index (χ1) is 8.68. The van der Waals surface area contributed by atoms with Crippen LogP contribution in [-0.2, 0) is 4.74 Å². The Morgan fingerprint density at radius 3 is 3.06 bits per heavy atom. The molecule has 18 heavy (non-hydrogen) atoms. The summed E-state index contributed by atoms with van der Waals surface area (Å²) in [5.74, 6) is 0.585. The first kappa shape index (κ1) is 11.5. The van der Waals surface area contributed by atoms with Crippen LogP contribution in [0.5, 0.6) is 0 Å². The Balaban J connectivity index is 2.10. The molecule has 4 heteroatoms. The number of nitrogens with zero attached hydrogens (tertiary/aromatic N) is 2. The molecule has 0 aliphatic carbocycles. The average Bonchev–Trinajstić information content (AvgIpc) is 2.96. The van der Waals surface area contributed by atoms with Gasteiger partial charge in [-0.15, -0.1) is 0 Å². The smallest absolute Gasteiger partial charge is 0.201 e. The Kier molecular flexibility index (Phi) is 2.74. The van der Waals surface area contributed by atoms with E-state index in [4.69, 9.17) is 10.5 Å². The van der Waals surface area contributed by atoms with Gasteiger partial charge in [0.2, 0.25) is 5.95 Å². The molecule has 0 bridgehead atoms. The number of imidazole rings is 1. The summed E-state index contributed by atoms with van der Waals surface area (Å²) in [4.78, 5) is 4.49. The SMILES string of the molecule is Cc1cccc2c1nc(N)n2C(C)C1CCCO1. The highest BCUT2D eigenvalue weighted by Crippen LogP contribution is 2.30. The van der Waals surface area contributed by atoms with Crippen LogP contribution in [0.15, 0.2) is 18.2 Å². The number of nitrogens with two attached hydrogens (primary N) is 1. The number of ether oxygens (including phenoxy) is 1. The minimum atomic E-state index is 0.235. The van der Waals surface area contributed by atoms with Gasteiger partial charge in [-0.3, -0.25) is 0 Å². The quantitative estimate of drug-likeness (QED) is 0.885. The Hall–Kier alpha value is -1.55. The Labute approximate surface area is 107 Å². The first-order valence-electron chi connectivity index (χ1n) is 6.53. The zero-order chi connectivity index (χ0) is 12.7. The lowest BCUT2D eigenvalue weighted by molar-refractivity contribution is 0.0751. The van der Waals surface area contributed by atoms with Gasteiger partial charge in [0.25, 0.3) is 0 Å². The molecule has 1 fully saturated rings. The van der Waals surface area contributed by atoms with Crippen LogP contribution in [0.2, 0.25) is 0 Å². The highest BCUT2D eigenvalue weighted by molar-refractivity contribution is 5.81. The number of aryl methyl sites for hydroxylation is 1. The molecule has 1 aromatic carbocycles. The number of fused-ring (bicyclic) bond motifs is 1. The maximum absolute atomic E-state index is 6.09. The summed E-state index contributed by atoms with van der Waals surface area (Å²) in [6.07, 6.45) is 2.50. The van der Waals surface area contributed by atoms with Crippen molar-refractivity contribution in [3.8, 4) is 0 Å². The fourth-order valence-electron chi connectivity index (χ4n) is 2.85. The molecule has 1 saturated heterocycles. The summed E-state index contributed by atoms with van der Waals surface area (Å²) in [6, 6.07) is 6.43. The lowest BCUT2D eigenvalue weighted by Gasteiger charge is -2.21. The molecule has 2 unspecified atom stereocenters. The summed E-state index contributed by atoms with van der Waals surface area (Å²) in [7, 11) is 0. The largest absolute Gasteiger partial charge is 0.376 e. The van der Waals surface area contributed by atoms with Gasteiger partial charge in [-0.2, -0.15) is 0 Å². The summed E-state index contributed by atoms with van der Waals surface area (Å²) in [5, 5.41) is 0. The van der Waals surface area contributed by atoms with Gasteiger partial charge >= 0.3 is 0 Å². The van der Waals surface area contributed by atoms with E-state index in [2.05, 4.69) is 41.6 Å². The second-order valence-corrected chi connectivity index (χ2v) is 5.07. The van der Waals surface area contributed by atoms with Crippen molar-refractivity contribution >= 4 is 17.0 Å². The van der Waals surface area contributed by atoms with Crippen LogP contribution in [0.25, 0.3) is 11.0 Å². The van der Waals surface area contributed by atoms with E-state index in [-0.39, 0.29) is 12.1 Å². The van der Waals surface area contributed by atoms with Gasteiger partial charge in [0, 0.05) is 6.61 Å². The van der Waals surface area contributed by atoms with E-state index in [0.717, 1.165) is 36.0 Å². The minimum absolute atomic E-state index is 0.235. The third-order valence-corrected chi connectivity index (χ3v) is 3.86. The fourth-order valence-corrected chi connectivity index (χ4v) is 2.85. The number of hydrogen-bond donors (Lipinski definition) is 1. The molecule has 0 spiro atoms. The van der Waals surface area contributed by atoms with Crippen molar-refractivity contribution in [3.05, 3.63) is 23.8 Å². The summed E-state index contributed by atoms with van der Waals surface area (Å²) in [5.41, 5.74) is 9.36. The topological polar surface area (TPSA) is 53.1 Å². The molecule has 1 aliphatic rings. The average molecular weight is 245 g/mol. The first-order valence-corrected chi connectivity index (χ1v) is 6.53. The molecule has 4 nitrogen and oxygen atoms in total. The van der Waals surface area contributed by atoms with Crippen molar-refractivity contribution in [2.24, 2.45) is 0 Å². The van der Waals surface area contributed by atoms with Crippen LogP contribution >= 0.6 is 0 Å². The Morgan fingerprint density at radius 1 is 1.50 bits per heavy atom. The van der Waals surface area contributed by atoms with Crippen LogP contribution < -0.4 is 5.73 Å². The van der Waals surface area contributed by atoms with Crippen LogP contribution in [0.4, 0.5) is 5.95 Å². The van der Waals surface area contributed by atoms with Crippen molar-refractivity contribution in [1.82, 2.24) is 9.55 Å². The summed E-state index contributed by atoms with van der Waals surface area (Å²) in [6.45, 7) is 5.09. The van der Waals surface area contributed by atoms with E-state index in [9.17, 15) is 0 Å². The Bertz CT molecular complexity index is 570. The van der Waals surface area contributed by atoms with E-state index >= 15 is 0 Å². The van der Waals surface area contributed by atoms with Crippen LogP contribution in [0.1, 0.15) is 31.4 Å². The number of anilines is 1. The molecule has 3 rings (SSSR count). The molecular formula is C14H19N3O. The van der Waals surface area contributed by atoms with E-state index in [0.29, 0.717) is 5.95 Å². The lowest BCUT2D eigenvalue weighted by Crippen LogP contribution is -2.22. The molecule has 96 valence electrons. The Morgan fingerprint density at radius 2 is 2.33 bits per heavy atom. The summed E-state index contributed by atoms with van der Waals surface area (Å²) >= 11 is 0. The van der Waals surface area contributed by atoms with E-state index in [1.807, 2.05) is 0 Å². The maximum atomic E-state index is 6.09. The van der Waals surface area contributed by atoms with Crippen LogP contribution in [-0.4, -0.2) is 22.3 Å². The number of rotatable bonds is 2. The molecule has 2 heterocycles. The van der Waals surface area contributed by atoms with Crippen molar-refractivity contribution in [1.29, 1.82) is 0 Å². The van der Waals surface area contributed by atoms with E-state index < -0.39 is 0 Å². The fraction of sp³-hybridized carbons (Fsp3) is 0.500. The third-order valence-electron chi connectivity index (χ3n) is 3.86. The van der Waals surface area contributed by atoms with Crippen LogP contribution in [0, 0.1) is 6.92 Å². The molecule has 0 saturated carbocycles. The van der Waals surface area contributed by atoms with Gasteiger partial charge < -0.3 is 15.0 Å². The summed E-state index contributed by atoms with van der Waals surface area (Å²) < 4.78 is 7.88. The van der Waals surface area contributed by atoms with Gasteiger partial charge in [-0.1, -0.05) is 12.1 Å². The second kappa shape index (κ2) is 4.28. The van der Waals surface area contributed by atoms with Gasteiger partial charge in [0.15, 0.2) is 0 Å². The van der Waals surface area contributed by atoms with Gasteiger partial charge in [0.1, 0.15) is 0 Å². The second-order valence-electron chi connectivity index (χ2n) is 5.07. The molecular weight excluding hydrogens is 226 g/mol. The van der Waals surface area contributed by atoms with Gasteiger partial charge in [-0.05, 0) is 38.3 Å². The normalized spacial score (nSPS) is 21.6. The zero-order valence-corrected chi connectivity index (χ0v) is 10.9. The lowest BCUT2D eigenvalue weighted by atomic mass is 10.1. The van der Waals surface area contributed by atoms with Crippen molar-refractivity contribution in [3.63, 3.8) is 0 Å². The highest BCUT2D eigenvalue weighted by Gasteiger charge is 2.26. The number of nitrogen functional groups attached to an aromatic ring is 1. The monoisotopic (exact) mass is 245 g/mol. The predicted molar refractivity (Wildman–Crippen MR) is 72.6 cm³/mol. The van der Waals surface area contributed by atoms with Crippen molar-refractivity contribution in [2.45, 2.75) is 38.8 Å². The highest BCUT2D eigenvalue weighted by atomic mass is 16.5. The number of para-hydroxylation sites is 1. The standard InChI is InChI=1S/C14H19N3O/c1-9-5-3-6-11-13(9)16-14(15)17(11)10(2)12-7-4-8-18-12/h3,5-6,10,12H,4,7-8H2,1-2H3,(H2,15,16). The van der Waals surface area contributed by atoms with E-state index in [1.54, 1.807) is 0 Å². The number of aromatic nitrogens is 2. The maximum Gasteiger partial charge on any atom is 0.201 e. The molecule has 2 N–H and O–H groups in total. The molecule has 1 aromatic heterocycles. The minimum Gasteiger partial charge on any atom is -0.376 e. The van der Waals surface area contributed by atoms with Crippen molar-refractivity contribution < 1.29 is 4.74 Å². The predicted octanol–water partition coefficient (Wildman–Crippen LogP) is 2.67.